The van der Waals surface area contributed by atoms with Crippen LogP contribution in [0, 0.1) is 5.92 Å². The number of ether oxygens (including phenoxy) is 1. The summed E-state index contributed by atoms with van der Waals surface area (Å²) in [6, 6.07) is 10.3. The van der Waals surface area contributed by atoms with Crippen molar-refractivity contribution in [3.8, 4) is 5.88 Å². The normalized spacial score (nSPS) is 10.9. The minimum atomic E-state index is 0. The summed E-state index contributed by atoms with van der Waals surface area (Å²) in [4.78, 5) is 7.67. The van der Waals surface area contributed by atoms with Gasteiger partial charge in [0, 0.05) is 22.4 Å². The number of halogens is 1. The first-order chi connectivity index (χ1) is 8.74. The second-order valence-corrected chi connectivity index (χ2v) is 4.94. The van der Waals surface area contributed by atoms with Gasteiger partial charge in [-0.1, -0.05) is 32.0 Å². The Morgan fingerprint density at radius 1 is 1.16 bits per heavy atom. The van der Waals surface area contributed by atoms with Crippen LogP contribution in [0.3, 0.4) is 0 Å². The van der Waals surface area contributed by atoms with E-state index in [4.69, 9.17) is 4.74 Å². The smallest absolute Gasteiger partial charge is 0.213 e. The molecule has 19 heavy (non-hydrogen) atoms. The van der Waals surface area contributed by atoms with Crippen LogP contribution in [0.5, 0.6) is 5.88 Å². The van der Waals surface area contributed by atoms with Crippen molar-refractivity contribution in [2.45, 2.75) is 13.8 Å². The predicted octanol–water partition coefficient (Wildman–Crippen LogP) is 4.17. The number of hydrogen-bond acceptors (Lipinski definition) is 2. The molecule has 0 aliphatic rings. The molecule has 2 heterocycles. The molecule has 0 saturated heterocycles. The third-order valence-electron chi connectivity index (χ3n) is 2.93. The van der Waals surface area contributed by atoms with Gasteiger partial charge in [0.15, 0.2) is 0 Å². The van der Waals surface area contributed by atoms with Crippen LogP contribution in [-0.4, -0.2) is 16.6 Å². The fourth-order valence-electron chi connectivity index (χ4n) is 2.06. The standard InChI is InChI=1S/C15H16N2O.ClH/c1-10(2)9-18-15-7-12-11-5-3-4-6-13(11)17-14(12)8-16-15;/h3-8,10,17H,9H2,1-2H3;1H. The van der Waals surface area contributed by atoms with Crippen LogP contribution >= 0.6 is 12.4 Å². The number of aromatic amines is 1. The maximum atomic E-state index is 5.67. The van der Waals surface area contributed by atoms with E-state index >= 15 is 0 Å². The van der Waals surface area contributed by atoms with Gasteiger partial charge in [-0.2, -0.15) is 0 Å². The molecule has 1 aromatic carbocycles. The Morgan fingerprint density at radius 3 is 2.74 bits per heavy atom. The number of para-hydroxylation sites is 1. The van der Waals surface area contributed by atoms with Crippen molar-refractivity contribution >= 4 is 34.2 Å². The SMILES string of the molecule is CC(C)COc1cc2c(cn1)[nH]c1ccccc12.Cl. The average molecular weight is 277 g/mol. The van der Waals surface area contributed by atoms with E-state index in [2.05, 4.69) is 35.9 Å². The molecule has 0 radical (unpaired) electrons. The van der Waals surface area contributed by atoms with Crippen LogP contribution < -0.4 is 4.74 Å². The summed E-state index contributed by atoms with van der Waals surface area (Å²) in [5.41, 5.74) is 2.18. The summed E-state index contributed by atoms with van der Waals surface area (Å²) in [6.07, 6.45) is 1.84. The first-order valence-corrected chi connectivity index (χ1v) is 6.23. The van der Waals surface area contributed by atoms with Gasteiger partial charge >= 0.3 is 0 Å². The zero-order valence-corrected chi connectivity index (χ0v) is 11.8. The van der Waals surface area contributed by atoms with Gasteiger partial charge in [0.05, 0.1) is 18.3 Å². The molecule has 0 atom stereocenters. The van der Waals surface area contributed by atoms with Gasteiger partial charge in [0.1, 0.15) is 0 Å². The third-order valence-corrected chi connectivity index (χ3v) is 2.93. The summed E-state index contributed by atoms with van der Waals surface area (Å²) in [5, 5.41) is 2.38. The fourth-order valence-corrected chi connectivity index (χ4v) is 2.06. The van der Waals surface area contributed by atoms with E-state index in [1.807, 2.05) is 24.4 Å². The topological polar surface area (TPSA) is 37.9 Å². The fraction of sp³-hybridized carbons (Fsp3) is 0.267. The minimum absolute atomic E-state index is 0. The van der Waals surface area contributed by atoms with E-state index in [0.717, 1.165) is 11.0 Å². The average Bonchev–Trinajstić information content (AvgIpc) is 2.74. The summed E-state index contributed by atoms with van der Waals surface area (Å²) in [7, 11) is 0. The van der Waals surface area contributed by atoms with E-state index in [9.17, 15) is 0 Å². The zero-order chi connectivity index (χ0) is 12.5. The van der Waals surface area contributed by atoms with Crippen LogP contribution in [0.4, 0.5) is 0 Å². The van der Waals surface area contributed by atoms with Crippen molar-refractivity contribution in [2.24, 2.45) is 5.92 Å². The molecule has 0 aliphatic heterocycles. The van der Waals surface area contributed by atoms with Crippen molar-refractivity contribution < 1.29 is 4.74 Å². The maximum absolute atomic E-state index is 5.67. The van der Waals surface area contributed by atoms with Crippen LogP contribution in [0.25, 0.3) is 21.8 Å². The third kappa shape index (κ3) is 2.66. The molecular weight excluding hydrogens is 260 g/mol. The van der Waals surface area contributed by atoms with Gasteiger partial charge in [0.25, 0.3) is 0 Å². The lowest BCUT2D eigenvalue weighted by Gasteiger charge is -2.07. The minimum Gasteiger partial charge on any atom is -0.477 e. The van der Waals surface area contributed by atoms with Crippen molar-refractivity contribution in [2.75, 3.05) is 6.61 Å². The highest BCUT2D eigenvalue weighted by atomic mass is 35.5. The molecule has 0 fully saturated rings. The maximum Gasteiger partial charge on any atom is 0.213 e. The number of fused-ring (bicyclic) bond motifs is 3. The molecule has 3 aromatic rings. The Labute approximate surface area is 118 Å². The van der Waals surface area contributed by atoms with Crippen LogP contribution in [-0.2, 0) is 0 Å². The zero-order valence-electron chi connectivity index (χ0n) is 11.0. The van der Waals surface area contributed by atoms with Gasteiger partial charge < -0.3 is 9.72 Å². The monoisotopic (exact) mass is 276 g/mol. The van der Waals surface area contributed by atoms with Gasteiger partial charge in [0.2, 0.25) is 5.88 Å². The number of H-pyrrole nitrogens is 1. The van der Waals surface area contributed by atoms with E-state index in [0.29, 0.717) is 18.4 Å². The molecule has 100 valence electrons. The number of nitrogens with one attached hydrogen (secondary N) is 1. The molecule has 1 N–H and O–H groups in total. The number of pyridine rings is 1. The second kappa shape index (κ2) is 5.49. The highest BCUT2D eigenvalue weighted by molar-refractivity contribution is 6.07. The number of hydrogen-bond donors (Lipinski definition) is 1. The first kappa shape index (κ1) is 13.7. The highest BCUT2D eigenvalue weighted by Gasteiger charge is 2.06. The van der Waals surface area contributed by atoms with Crippen molar-refractivity contribution in [1.29, 1.82) is 0 Å². The van der Waals surface area contributed by atoms with Crippen molar-refractivity contribution in [1.82, 2.24) is 9.97 Å². The van der Waals surface area contributed by atoms with Gasteiger partial charge in [-0.15, -0.1) is 12.4 Å². The molecule has 3 rings (SSSR count). The molecule has 0 spiro atoms. The Balaban J connectivity index is 0.00000133. The van der Waals surface area contributed by atoms with Gasteiger partial charge in [-0.05, 0) is 12.0 Å². The molecule has 0 unspecified atom stereocenters. The first-order valence-electron chi connectivity index (χ1n) is 6.23. The Hall–Kier alpha value is -1.74. The van der Waals surface area contributed by atoms with Crippen LogP contribution in [0.1, 0.15) is 13.8 Å². The summed E-state index contributed by atoms with van der Waals surface area (Å²) in [6.45, 7) is 4.95. The van der Waals surface area contributed by atoms with Crippen molar-refractivity contribution in [3.05, 3.63) is 36.5 Å². The lowest BCUT2D eigenvalue weighted by molar-refractivity contribution is 0.262. The van der Waals surface area contributed by atoms with Crippen LogP contribution in [0.2, 0.25) is 0 Å². The second-order valence-electron chi connectivity index (χ2n) is 4.94. The number of benzene rings is 1. The Morgan fingerprint density at radius 2 is 1.95 bits per heavy atom. The van der Waals surface area contributed by atoms with Crippen molar-refractivity contribution in [3.63, 3.8) is 0 Å². The summed E-state index contributed by atoms with van der Waals surface area (Å²) in [5.74, 6) is 1.20. The Bertz CT molecular complexity index is 691. The lowest BCUT2D eigenvalue weighted by atomic mass is 10.2. The molecule has 3 nitrogen and oxygen atoms in total. The Kier molecular flexibility index (Phi) is 3.96. The van der Waals surface area contributed by atoms with Crippen LogP contribution in [0.15, 0.2) is 36.5 Å². The molecule has 4 heteroatoms. The lowest BCUT2D eigenvalue weighted by Crippen LogP contribution is -2.05. The molecule has 2 aromatic heterocycles. The molecular formula is C15H17ClN2O. The van der Waals surface area contributed by atoms with E-state index < -0.39 is 0 Å². The van der Waals surface area contributed by atoms with E-state index in [-0.39, 0.29) is 12.4 Å². The molecule has 0 amide bonds. The number of nitrogens with zero attached hydrogens (tertiary/aromatic N) is 1. The number of aromatic nitrogens is 2. The largest absolute Gasteiger partial charge is 0.477 e. The highest BCUT2D eigenvalue weighted by Crippen LogP contribution is 2.26. The summed E-state index contributed by atoms with van der Waals surface area (Å²) >= 11 is 0. The van der Waals surface area contributed by atoms with E-state index in [1.54, 1.807) is 0 Å². The van der Waals surface area contributed by atoms with Gasteiger partial charge in [-0.25, -0.2) is 4.98 Å². The summed E-state index contributed by atoms with van der Waals surface area (Å²) < 4.78 is 5.67. The van der Waals surface area contributed by atoms with E-state index in [1.165, 1.54) is 10.8 Å². The molecule has 0 aliphatic carbocycles. The van der Waals surface area contributed by atoms with Gasteiger partial charge in [-0.3, -0.25) is 0 Å². The number of rotatable bonds is 3. The quantitative estimate of drug-likeness (QED) is 0.779. The predicted molar refractivity (Wildman–Crippen MR) is 81.2 cm³/mol. The molecule has 0 bridgehead atoms. The molecule has 0 saturated carbocycles.